The molecule has 4 rings (SSSR count). The summed E-state index contributed by atoms with van der Waals surface area (Å²) in [6, 6.07) is 12.5. The van der Waals surface area contributed by atoms with Gasteiger partial charge >= 0.3 is 0 Å². The number of hydrogen-bond acceptors (Lipinski definition) is 6. The molecule has 6 heteroatoms. The predicted molar refractivity (Wildman–Crippen MR) is 131 cm³/mol. The lowest BCUT2D eigenvalue weighted by molar-refractivity contribution is 0.122. The Morgan fingerprint density at radius 2 is 1.94 bits per heavy atom. The molecule has 0 unspecified atom stereocenters. The lowest BCUT2D eigenvalue weighted by Gasteiger charge is -2.29. The minimum atomic E-state index is 0.519. The largest absolute Gasteiger partial charge is 0.476 e. The summed E-state index contributed by atoms with van der Waals surface area (Å²) in [7, 11) is 0. The maximum Gasteiger partial charge on any atom is 0.215 e. The van der Waals surface area contributed by atoms with Crippen molar-refractivity contribution in [1.29, 1.82) is 0 Å². The number of rotatable bonds is 8. The predicted octanol–water partition coefficient (Wildman–Crippen LogP) is 4.63. The first-order valence-electron chi connectivity index (χ1n) is 11.8. The van der Waals surface area contributed by atoms with E-state index in [9.17, 15) is 0 Å². The van der Waals surface area contributed by atoms with E-state index in [-0.39, 0.29) is 0 Å². The molecule has 32 heavy (non-hydrogen) atoms. The summed E-state index contributed by atoms with van der Waals surface area (Å²) in [5.74, 6) is 0.651. The van der Waals surface area contributed by atoms with E-state index in [4.69, 9.17) is 19.5 Å². The van der Waals surface area contributed by atoms with Gasteiger partial charge in [-0.25, -0.2) is 4.98 Å². The molecule has 170 valence electrons. The van der Waals surface area contributed by atoms with E-state index >= 15 is 0 Å². The van der Waals surface area contributed by atoms with E-state index < -0.39 is 0 Å². The number of aryl methyl sites for hydroxylation is 1. The van der Waals surface area contributed by atoms with Gasteiger partial charge in [0.25, 0.3) is 0 Å². The van der Waals surface area contributed by atoms with Gasteiger partial charge in [-0.2, -0.15) is 0 Å². The lowest BCUT2D eigenvalue weighted by Crippen LogP contribution is -2.36. The number of benzene rings is 1. The summed E-state index contributed by atoms with van der Waals surface area (Å²) in [5, 5.41) is 0. The van der Waals surface area contributed by atoms with Crippen LogP contribution in [0.25, 0.3) is 0 Å². The third-order valence-electron chi connectivity index (χ3n) is 5.86. The molecule has 6 nitrogen and oxygen atoms in total. The van der Waals surface area contributed by atoms with Gasteiger partial charge in [0.1, 0.15) is 6.61 Å². The Labute approximate surface area is 191 Å². The number of nitrogens with zero attached hydrogens (tertiary/aromatic N) is 4. The number of morpholine rings is 1. The summed E-state index contributed by atoms with van der Waals surface area (Å²) in [6.45, 7) is 7.10. The van der Waals surface area contributed by atoms with E-state index in [1.54, 1.807) is 0 Å². The third-order valence-corrected chi connectivity index (χ3v) is 5.86. The van der Waals surface area contributed by atoms with Crippen molar-refractivity contribution in [3.8, 4) is 5.88 Å². The van der Waals surface area contributed by atoms with Crippen LogP contribution in [0.2, 0.25) is 0 Å². The highest BCUT2D eigenvalue weighted by Gasteiger charge is 2.14. The number of anilines is 1. The van der Waals surface area contributed by atoms with Gasteiger partial charge in [-0.3, -0.25) is 9.98 Å². The van der Waals surface area contributed by atoms with Crippen LogP contribution in [-0.2, 0) is 11.3 Å². The molecule has 1 saturated heterocycles. The monoisotopic (exact) mass is 434 g/mol. The second-order valence-corrected chi connectivity index (χ2v) is 8.50. The molecule has 0 bridgehead atoms. The summed E-state index contributed by atoms with van der Waals surface area (Å²) in [4.78, 5) is 16.4. The molecule has 0 radical (unpaired) electrons. The van der Waals surface area contributed by atoms with Crippen molar-refractivity contribution in [3.05, 3.63) is 53.2 Å². The summed E-state index contributed by atoms with van der Waals surface area (Å²) < 4.78 is 11.5. The highest BCUT2D eigenvalue weighted by atomic mass is 16.5. The Balaban J connectivity index is 1.42. The van der Waals surface area contributed by atoms with E-state index in [0.717, 1.165) is 56.1 Å². The molecule has 0 amide bonds. The van der Waals surface area contributed by atoms with Crippen LogP contribution in [0.15, 0.2) is 46.4 Å². The number of pyridine rings is 1. The van der Waals surface area contributed by atoms with Crippen LogP contribution < -0.4 is 9.64 Å². The second kappa shape index (κ2) is 11.8. The topological polar surface area (TPSA) is 59.3 Å². The quantitative estimate of drug-likeness (QED) is 0.449. The van der Waals surface area contributed by atoms with Crippen molar-refractivity contribution < 1.29 is 9.47 Å². The van der Waals surface area contributed by atoms with Crippen molar-refractivity contribution >= 4 is 17.6 Å². The first-order valence-corrected chi connectivity index (χ1v) is 11.8. The van der Waals surface area contributed by atoms with Gasteiger partial charge in [-0.05, 0) is 44.2 Å². The maximum atomic E-state index is 6.02. The average Bonchev–Trinajstić information content (AvgIpc) is 2.83. The van der Waals surface area contributed by atoms with Gasteiger partial charge in [0.15, 0.2) is 0 Å². The average molecular weight is 435 g/mol. The van der Waals surface area contributed by atoms with E-state index in [1.807, 2.05) is 12.3 Å². The smallest absolute Gasteiger partial charge is 0.215 e. The molecule has 1 aliphatic carbocycles. The number of aromatic nitrogens is 1. The third kappa shape index (κ3) is 6.89. The fourth-order valence-corrected chi connectivity index (χ4v) is 4.17. The highest BCUT2D eigenvalue weighted by Crippen LogP contribution is 2.23. The second-order valence-electron chi connectivity index (χ2n) is 8.50. The Kier molecular flexibility index (Phi) is 8.26. The van der Waals surface area contributed by atoms with E-state index in [1.165, 1.54) is 30.5 Å². The molecule has 1 aliphatic heterocycles. The molecular weight excluding hydrogens is 400 g/mol. The van der Waals surface area contributed by atoms with Gasteiger partial charge in [0.2, 0.25) is 5.88 Å². The highest BCUT2D eigenvalue weighted by molar-refractivity contribution is 5.85. The zero-order valence-corrected chi connectivity index (χ0v) is 19.1. The molecule has 2 aromatic rings. The normalized spacial score (nSPS) is 17.0. The lowest BCUT2D eigenvalue weighted by atomic mass is 9.99. The molecule has 1 saturated carbocycles. The maximum absolute atomic E-state index is 6.02. The fourth-order valence-electron chi connectivity index (χ4n) is 4.17. The van der Waals surface area contributed by atoms with Gasteiger partial charge in [0.05, 0.1) is 32.0 Å². The van der Waals surface area contributed by atoms with E-state index in [0.29, 0.717) is 25.6 Å². The van der Waals surface area contributed by atoms with Gasteiger partial charge < -0.3 is 14.4 Å². The fraction of sp³-hybridized carbons (Fsp3) is 0.500. The number of hydrogen-bond donors (Lipinski definition) is 0. The molecule has 1 aromatic carbocycles. The van der Waals surface area contributed by atoms with Crippen LogP contribution in [0.5, 0.6) is 5.88 Å². The van der Waals surface area contributed by atoms with Crippen molar-refractivity contribution in [2.24, 2.45) is 9.98 Å². The van der Waals surface area contributed by atoms with Crippen molar-refractivity contribution in [3.63, 3.8) is 0 Å². The Bertz CT molecular complexity index is 927. The zero-order chi connectivity index (χ0) is 22.0. The molecule has 0 N–H and O–H groups in total. The summed E-state index contributed by atoms with van der Waals surface area (Å²) in [5.41, 5.74) is 5.71. The van der Waals surface area contributed by atoms with Gasteiger partial charge in [-0.1, -0.05) is 36.2 Å². The summed E-state index contributed by atoms with van der Waals surface area (Å²) in [6.07, 6.45) is 8.09. The number of aliphatic imine (C=N–C) groups is 2. The molecule has 0 spiro atoms. The molecule has 2 aliphatic rings. The van der Waals surface area contributed by atoms with Crippen LogP contribution >= 0.6 is 0 Å². The van der Waals surface area contributed by atoms with Crippen LogP contribution in [-0.4, -0.2) is 56.4 Å². The van der Waals surface area contributed by atoms with Crippen LogP contribution in [0, 0.1) is 6.92 Å². The standard InChI is InChI=1S/C26H34N4O2/c1-21-6-5-7-22(16-21)19-27-20-24-17-25(30-11-14-31-15-12-30)18-26(29-24)32-13-10-28-23-8-3-2-4-9-23/h5-7,16-19H,2-4,8-15,20H2,1H3. The van der Waals surface area contributed by atoms with Crippen LogP contribution in [0.3, 0.4) is 0 Å². The Morgan fingerprint density at radius 1 is 1.09 bits per heavy atom. The number of ether oxygens (including phenoxy) is 2. The first kappa shape index (κ1) is 22.5. The molecule has 1 aromatic heterocycles. The zero-order valence-electron chi connectivity index (χ0n) is 19.1. The minimum Gasteiger partial charge on any atom is -0.476 e. The van der Waals surface area contributed by atoms with Crippen LogP contribution in [0.4, 0.5) is 5.69 Å². The SMILES string of the molecule is Cc1cccc(C=NCc2cc(N3CCOCC3)cc(OCCN=C3CCCCC3)n2)c1. The van der Waals surface area contributed by atoms with Crippen molar-refractivity contribution in [2.75, 3.05) is 44.4 Å². The van der Waals surface area contributed by atoms with Crippen LogP contribution in [0.1, 0.15) is 48.9 Å². The molecule has 2 fully saturated rings. The first-order chi connectivity index (χ1) is 15.8. The Morgan fingerprint density at radius 3 is 2.75 bits per heavy atom. The molecule has 2 heterocycles. The molecular formula is C26H34N4O2. The Hall–Kier alpha value is -2.73. The summed E-state index contributed by atoms with van der Waals surface area (Å²) >= 11 is 0. The minimum absolute atomic E-state index is 0.519. The van der Waals surface area contributed by atoms with Crippen molar-refractivity contribution in [2.45, 2.75) is 45.6 Å². The van der Waals surface area contributed by atoms with E-state index in [2.05, 4.69) is 47.1 Å². The molecule has 0 atom stereocenters. The van der Waals surface area contributed by atoms with Gasteiger partial charge in [0, 0.05) is 36.8 Å². The van der Waals surface area contributed by atoms with Gasteiger partial charge in [-0.15, -0.1) is 0 Å². The van der Waals surface area contributed by atoms with Crippen molar-refractivity contribution in [1.82, 2.24) is 4.98 Å².